The summed E-state index contributed by atoms with van der Waals surface area (Å²) in [4.78, 5) is 2.05. The highest BCUT2D eigenvalue weighted by Crippen LogP contribution is 2.28. The molecule has 0 aliphatic rings. The van der Waals surface area contributed by atoms with Gasteiger partial charge < -0.3 is 9.47 Å². The van der Waals surface area contributed by atoms with Crippen molar-refractivity contribution in [1.29, 1.82) is 0 Å². The maximum Gasteiger partial charge on any atom is 0.122 e. The lowest BCUT2D eigenvalue weighted by Crippen LogP contribution is -2.19. The highest BCUT2D eigenvalue weighted by Gasteiger charge is 2.09. The van der Waals surface area contributed by atoms with Gasteiger partial charge in [-0.3, -0.25) is 4.90 Å². The maximum absolute atomic E-state index is 5.75. The second-order valence-electron chi connectivity index (χ2n) is 4.08. The molecule has 0 saturated carbocycles. The van der Waals surface area contributed by atoms with Gasteiger partial charge in [-0.15, -0.1) is 11.6 Å². The van der Waals surface area contributed by atoms with Crippen molar-refractivity contribution < 1.29 is 9.47 Å². The Morgan fingerprint density at radius 1 is 1.18 bits per heavy atom. The number of benzene rings is 1. The Labute approximate surface area is 108 Å². The number of hydrogen-bond acceptors (Lipinski definition) is 3. The second kappa shape index (κ2) is 6.72. The van der Waals surface area contributed by atoms with E-state index in [4.69, 9.17) is 21.1 Å². The molecule has 0 bridgehead atoms. The fourth-order valence-electron chi connectivity index (χ4n) is 1.68. The normalized spacial score (nSPS) is 10.7. The van der Waals surface area contributed by atoms with Gasteiger partial charge in [0.25, 0.3) is 0 Å². The summed E-state index contributed by atoms with van der Waals surface area (Å²) in [7, 11) is 5.37. The molecule has 0 aromatic heterocycles. The minimum Gasteiger partial charge on any atom is -0.496 e. The minimum atomic E-state index is 0.533. The molecule has 0 fully saturated rings. The minimum absolute atomic E-state index is 0.533. The lowest BCUT2D eigenvalue weighted by Gasteiger charge is -2.16. The molecule has 0 unspecified atom stereocenters. The van der Waals surface area contributed by atoms with Gasteiger partial charge in [-0.05, 0) is 43.7 Å². The van der Waals surface area contributed by atoms with Crippen molar-refractivity contribution >= 4 is 11.6 Å². The molecule has 0 N–H and O–H groups in total. The highest BCUT2D eigenvalue weighted by atomic mass is 35.5. The van der Waals surface area contributed by atoms with Crippen LogP contribution in [0.1, 0.15) is 11.1 Å². The van der Waals surface area contributed by atoms with E-state index in [2.05, 4.69) is 0 Å². The molecule has 0 saturated heterocycles. The summed E-state index contributed by atoms with van der Waals surface area (Å²) >= 11 is 5.75. The lowest BCUT2D eigenvalue weighted by atomic mass is 10.1. The third-order valence-electron chi connectivity index (χ3n) is 2.76. The smallest absolute Gasteiger partial charge is 0.122 e. The first-order chi connectivity index (χ1) is 8.12. The van der Waals surface area contributed by atoms with Gasteiger partial charge in [0.2, 0.25) is 0 Å². The van der Waals surface area contributed by atoms with Crippen molar-refractivity contribution in [2.45, 2.75) is 13.3 Å². The van der Waals surface area contributed by atoms with Gasteiger partial charge in [-0.1, -0.05) is 0 Å². The van der Waals surface area contributed by atoms with E-state index in [9.17, 15) is 0 Å². The first kappa shape index (κ1) is 14.1. The first-order valence-electron chi connectivity index (χ1n) is 5.58. The zero-order valence-corrected chi connectivity index (χ0v) is 11.7. The Hall–Kier alpha value is -0.930. The van der Waals surface area contributed by atoms with Crippen LogP contribution in [0.2, 0.25) is 0 Å². The molecule has 96 valence electrons. The van der Waals surface area contributed by atoms with Crippen LogP contribution in [0.25, 0.3) is 0 Å². The Morgan fingerprint density at radius 3 is 2.35 bits per heavy atom. The number of hydrogen-bond donors (Lipinski definition) is 0. The van der Waals surface area contributed by atoms with E-state index in [1.807, 2.05) is 31.0 Å². The molecule has 0 aliphatic carbocycles. The predicted molar refractivity (Wildman–Crippen MR) is 71.3 cm³/mol. The molecule has 1 aromatic rings. The molecular weight excluding hydrogens is 238 g/mol. The van der Waals surface area contributed by atoms with E-state index in [-0.39, 0.29) is 0 Å². The van der Waals surface area contributed by atoms with Gasteiger partial charge in [0.05, 0.1) is 20.2 Å². The first-order valence-corrected chi connectivity index (χ1v) is 6.11. The van der Waals surface area contributed by atoms with Gasteiger partial charge in [0.1, 0.15) is 11.5 Å². The van der Waals surface area contributed by atoms with Gasteiger partial charge >= 0.3 is 0 Å². The van der Waals surface area contributed by atoms with Crippen LogP contribution in [0, 0.1) is 6.92 Å². The molecule has 0 atom stereocenters. The summed E-state index contributed by atoms with van der Waals surface area (Å²) in [5.41, 5.74) is 2.23. The van der Waals surface area contributed by atoms with E-state index >= 15 is 0 Å². The van der Waals surface area contributed by atoms with Gasteiger partial charge in [-0.25, -0.2) is 0 Å². The van der Waals surface area contributed by atoms with Crippen molar-refractivity contribution in [3.63, 3.8) is 0 Å². The fourth-order valence-corrected chi connectivity index (χ4v) is 1.80. The van der Waals surface area contributed by atoms with Crippen molar-refractivity contribution in [3.8, 4) is 11.5 Å². The third kappa shape index (κ3) is 3.79. The number of alkyl halides is 1. The quantitative estimate of drug-likeness (QED) is 0.578. The van der Waals surface area contributed by atoms with Gasteiger partial charge in [-0.2, -0.15) is 0 Å². The van der Waals surface area contributed by atoms with Crippen LogP contribution in [0.3, 0.4) is 0 Å². The van der Waals surface area contributed by atoms with E-state index in [0.717, 1.165) is 35.6 Å². The van der Waals surface area contributed by atoms with Crippen molar-refractivity contribution in [2.75, 3.05) is 33.8 Å². The summed E-state index contributed by atoms with van der Waals surface area (Å²) in [6.45, 7) is 2.90. The topological polar surface area (TPSA) is 21.7 Å². The van der Waals surface area contributed by atoms with Crippen molar-refractivity contribution in [1.82, 2.24) is 4.90 Å². The Kier molecular flexibility index (Phi) is 5.59. The molecule has 0 heterocycles. The number of methoxy groups -OCH3 is 2. The van der Waals surface area contributed by atoms with Crippen LogP contribution in [0.15, 0.2) is 12.1 Å². The fraction of sp³-hybridized carbons (Fsp3) is 0.538. The van der Waals surface area contributed by atoms with Crippen molar-refractivity contribution in [2.24, 2.45) is 0 Å². The number of ether oxygens (including phenoxy) is 2. The molecule has 0 aliphatic heterocycles. The van der Waals surface area contributed by atoms with Crippen LogP contribution < -0.4 is 9.47 Å². The molecule has 4 heteroatoms. The number of nitrogens with zero attached hydrogens (tertiary/aromatic N) is 1. The van der Waals surface area contributed by atoms with Crippen LogP contribution in [-0.2, 0) is 6.42 Å². The van der Waals surface area contributed by atoms with Crippen LogP contribution in [0.5, 0.6) is 11.5 Å². The SMILES string of the molecule is COc1cc(CCN(C)CCl)c(OC)cc1C. The van der Waals surface area contributed by atoms with Gasteiger partial charge in [0, 0.05) is 6.54 Å². The Balaban J connectivity index is 2.88. The maximum atomic E-state index is 5.75. The zero-order chi connectivity index (χ0) is 12.8. The molecule has 1 aromatic carbocycles. The summed E-state index contributed by atoms with van der Waals surface area (Å²) < 4.78 is 10.7. The largest absolute Gasteiger partial charge is 0.496 e. The van der Waals surface area contributed by atoms with Crippen LogP contribution in [-0.4, -0.2) is 38.7 Å². The standard InChI is InChI=1S/C13H20ClNO2/c1-10-7-13(17-4)11(8-12(10)16-3)5-6-15(2)9-14/h7-8H,5-6,9H2,1-4H3. The van der Waals surface area contributed by atoms with Crippen LogP contribution in [0.4, 0.5) is 0 Å². The monoisotopic (exact) mass is 257 g/mol. The summed E-state index contributed by atoms with van der Waals surface area (Å²) in [5.74, 6) is 1.81. The van der Waals surface area contributed by atoms with E-state index < -0.39 is 0 Å². The Bertz CT molecular complexity index is 369. The van der Waals surface area contributed by atoms with Crippen LogP contribution >= 0.6 is 11.6 Å². The molecule has 0 spiro atoms. The molecule has 0 amide bonds. The second-order valence-corrected chi connectivity index (χ2v) is 4.32. The zero-order valence-electron chi connectivity index (χ0n) is 10.9. The highest BCUT2D eigenvalue weighted by molar-refractivity contribution is 6.17. The molecule has 3 nitrogen and oxygen atoms in total. The average Bonchev–Trinajstić information content (AvgIpc) is 2.36. The molecular formula is C13H20ClNO2. The third-order valence-corrected chi connectivity index (χ3v) is 3.17. The molecule has 0 radical (unpaired) electrons. The summed E-state index contributed by atoms with van der Waals surface area (Å²) in [5, 5.41) is 0. The average molecular weight is 258 g/mol. The number of halogens is 1. The summed E-state index contributed by atoms with van der Waals surface area (Å²) in [6, 6.07) is 4.58. The lowest BCUT2D eigenvalue weighted by molar-refractivity contribution is 0.376. The van der Waals surface area contributed by atoms with E-state index in [1.165, 1.54) is 0 Å². The number of aryl methyl sites for hydroxylation is 1. The van der Waals surface area contributed by atoms with Crippen molar-refractivity contribution in [3.05, 3.63) is 23.3 Å². The number of rotatable bonds is 6. The predicted octanol–water partition coefficient (Wildman–Crippen LogP) is 2.68. The molecule has 1 rings (SSSR count). The molecule has 17 heavy (non-hydrogen) atoms. The van der Waals surface area contributed by atoms with E-state index in [1.54, 1.807) is 14.2 Å². The summed E-state index contributed by atoms with van der Waals surface area (Å²) in [6.07, 6.45) is 0.892. The van der Waals surface area contributed by atoms with Gasteiger partial charge in [0.15, 0.2) is 0 Å². The Morgan fingerprint density at radius 2 is 1.82 bits per heavy atom. The van der Waals surface area contributed by atoms with E-state index in [0.29, 0.717) is 6.00 Å². The number of likely N-dealkylation sites (N-methyl/N-ethyl adjacent to an activating group) is 1.